The maximum absolute atomic E-state index is 13.1. The highest BCUT2D eigenvalue weighted by molar-refractivity contribution is 6.05. The average molecular weight is 364 g/mol. The molecule has 0 atom stereocenters. The van der Waals surface area contributed by atoms with Crippen molar-refractivity contribution in [2.75, 3.05) is 17.3 Å². The van der Waals surface area contributed by atoms with E-state index < -0.39 is 0 Å². The predicted octanol–water partition coefficient (Wildman–Crippen LogP) is 3.41. The van der Waals surface area contributed by atoms with E-state index in [1.54, 1.807) is 49.5 Å². The van der Waals surface area contributed by atoms with Crippen LogP contribution in [-0.2, 0) is 4.79 Å². The van der Waals surface area contributed by atoms with Crippen LogP contribution in [0.15, 0.2) is 73.4 Å². The minimum absolute atomic E-state index is 0.240. The van der Waals surface area contributed by atoms with Gasteiger partial charge in [0, 0.05) is 24.4 Å². The summed E-state index contributed by atoms with van der Waals surface area (Å²) in [4.78, 5) is 25.6. The second kappa shape index (κ2) is 7.65. The summed E-state index contributed by atoms with van der Waals surface area (Å²) in [6.07, 6.45) is 2.76. The fourth-order valence-electron chi connectivity index (χ4n) is 2.48. The van der Waals surface area contributed by atoms with Crippen molar-refractivity contribution in [2.24, 2.45) is 0 Å². The molecule has 1 heterocycles. The highest BCUT2D eigenvalue weighted by Crippen LogP contribution is 2.18. The molecular formula is C20H17FN4O2. The van der Waals surface area contributed by atoms with E-state index in [-0.39, 0.29) is 17.6 Å². The molecule has 2 aromatic carbocycles. The Kier molecular flexibility index (Phi) is 5.12. The molecule has 3 aromatic rings. The molecule has 0 fully saturated rings. The van der Waals surface area contributed by atoms with Gasteiger partial charge < -0.3 is 10.2 Å². The minimum Gasteiger partial charge on any atom is -0.312 e. The molecule has 0 saturated carbocycles. The van der Waals surface area contributed by atoms with Crippen molar-refractivity contribution in [3.05, 3.63) is 84.8 Å². The number of benzene rings is 2. The van der Waals surface area contributed by atoms with Crippen LogP contribution in [0.4, 0.5) is 15.9 Å². The molecule has 0 aliphatic heterocycles. The zero-order valence-corrected chi connectivity index (χ0v) is 14.6. The lowest BCUT2D eigenvalue weighted by Gasteiger charge is -2.15. The molecule has 0 saturated heterocycles. The number of amides is 2. The van der Waals surface area contributed by atoms with E-state index >= 15 is 0 Å². The van der Waals surface area contributed by atoms with Gasteiger partial charge >= 0.3 is 0 Å². The van der Waals surface area contributed by atoms with E-state index in [0.717, 1.165) is 0 Å². The van der Waals surface area contributed by atoms with Crippen LogP contribution in [0.5, 0.6) is 0 Å². The smallest absolute Gasteiger partial charge is 0.256 e. The van der Waals surface area contributed by atoms with Gasteiger partial charge in [-0.25, -0.2) is 9.07 Å². The van der Waals surface area contributed by atoms with Crippen molar-refractivity contribution in [1.29, 1.82) is 0 Å². The molecule has 7 heteroatoms. The molecule has 3 rings (SSSR count). The van der Waals surface area contributed by atoms with Gasteiger partial charge in [-0.2, -0.15) is 5.10 Å². The van der Waals surface area contributed by atoms with Gasteiger partial charge in [-0.05, 0) is 54.6 Å². The molecular weight excluding hydrogens is 347 g/mol. The van der Waals surface area contributed by atoms with Gasteiger partial charge in [-0.1, -0.05) is 6.58 Å². The van der Waals surface area contributed by atoms with Gasteiger partial charge in [0.15, 0.2) is 0 Å². The molecule has 2 amide bonds. The summed E-state index contributed by atoms with van der Waals surface area (Å²) >= 11 is 0. The summed E-state index contributed by atoms with van der Waals surface area (Å²) in [5, 5.41) is 6.93. The largest absolute Gasteiger partial charge is 0.312 e. The summed E-state index contributed by atoms with van der Waals surface area (Å²) in [5.74, 6) is -0.468. The number of halogens is 1. The number of anilines is 2. The maximum atomic E-state index is 13.1. The number of aromatic nitrogens is 2. The molecule has 0 bridgehead atoms. The predicted molar refractivity (Wildman–Crippen MR) is 102 cm³/mol. The standard InChI is InChI=1S/C20H17FN4O2/c1-3-19(26)24(2)16-8-4-14(5-9-16)20(27)23-18-12-13-22-25(18)17-10-6-15(21)7-11-17/h3-13H,1H2,2H3,(H,23,27). The van der Waals surface area contributed by atoms with Crippen molar-refractivity contribution < 1.29 is 14.0 Å². The lowest BCUT2D eigenvalue weighted by atomic mass is 10.2. The van der Waals surface area contributed by atoms with Gasteiger partial charge in [-0.3, -0.25) is 9.59 Å². The quantitative estimate of drug-likeness (QED) is 0.706. The number of likely N-dealkylation sites (N-methyl/N-ethyl adjacent to an activating group) is 1. The van der Waals surface area contributed by atoms with Crippen molar-refractivity contribution in [3.8, 4) is 5.69 Å². The number of rotatable bonds is 5. The van der Waals surface area contributed by atoms with Crippen LogP contribution < -0.4 is 10.2 Å². The second-order valence-electron chi connectivity index (χ2n) is 5.71. The van der Waals surface area contributed by atoms with E-state index in [0.29, 0.717) is 22.8 Å². The first kappa shape index (κ1) is 18.1. The molecule has 6 nitrogen and oxygen atoms in total. The highest BCUT2D eigenvalue weighted by Gasteiger charge is 2.12. The minimum atomic E-state index is -0.350. The number of nitrogens with zero attached hydrogens (tertiary/aromatic N) is 3. The molecule has 0 aliphatic rings. The zero-order chi connectivity index (χ0) is 19.4. The topological polar surface area (TPSA) is 67.2 Å². The summed E-state index contributed by atoms with van der Waals surface area (Å²) < 4.78 is 14.6. The Hall–Kier alpha value is -3.74. The van der Waals surface area contributed by atoms with Gasteiger partial charge in [0.2, 0.25) is 5.91 Å². The first-order valence-electron chi connectivity index (χ1n) is 8.11. The highest BCUT2D eigenvalue weighted by atomic mass is 19.1. The number of hydrogen-bond donors (Lipinski definition) is 1. The molecule has 1 N–H and O–H groups in total. The molecule has 0 aliphatic carbocycles. The van der Waals surface area contributed by atoms with Crippen molar-refractivity contribution >= 4 is 23.3 Å². The van der Waals surface area contributed by atoms with Gasteiger partial charge in [-0.15, -0.1) is 0 Å². The fraction of sp³-hybridized carbons (Fsp3) is 0.0500. The molecule has 0 radical (unpaired) electrons. The summed E-state index contributed by atoms with van der Waals surface area (Å²) in [6.45, 7) is 3.45. The third kappa shape index (κ3) is 3.92. The van der Waals surface area contributed by atoms with E-state index in [1.165, 1.54) is 34.0 Å². The number of carbonyl (C=O) groups is 2. The van der Waals surface area contributed by atoms with Crippen LogP contribution >= 0.6 is 0 Å². The van der Waals surface area contributed by atoms with E-state index in [1.807, 2.05) is 0 Å². The van der Waals surface area contributed by atoms with Gasteiger partial charge in [0.25, 0.3) is 5.91 Å². The molecule has 27 heavy (non-hydrogen) atoms. The number of nitrogens with one attached hydrogen (secondary N) is 1. The van der Waals surface area contributed by atoms with Crippen LogP contribution in [-0.4, -0.2) is 28.6 Å². The Morgan fingerprint density at radius 1 is 1.11 bits per heavy atom. The van der Waals surface area contributed by atoms with Gasteiger partial charge in [0.05, 0.1) is 11.9 Å². The van der Waals surface area contributed by atoms with Crippen LogP contribution in [0.3, 0.4) is 0 Å². The van der Waals surface area contributed by atoms with Crippen molar-refractivity contribution in [3.63, 3.8) is 0 Å². The third-order valence-electron chi connectivity index (χ3n) is 3.98. The average Bonchev–Trinajstić information content (AvgIpc) is 3.15. The number of hydrogen-bond acceptors (Lipinski definition) is 3. The number of carbonyl (C=O) groups excluding carboxylic acids is 2. The van der Waals surface area contributed by atoms with E-state index in [2.05, 4.69) is 17.0 Å². The monoisotopic (exact) mass is 364 g/mol. The van der Waals surface area contributed by atoms with Crippen LogP contribution in [0, 0.1) is 5.82 Å². The Labute approximate surface area is 155 Å². The first-order valence-corrected chi connectivity index (χ1v) is 8.11. The zero-order valence-electron chi connectivity index (χ0n) is 14.6. The maximum Gasteiger partial charge on any atom is 0.256 e. The van der Waals surface area contributed by atoms with Crippen LogP contribution in [0.25, 0.3) is 5.69 Å². The molecule has 0 unspecified atom stereocenters. The summed E-state index contributed by atoms with van der Waals surface area (Å²) in [7, 11) is 1.63. The van der Waals surface area contributed by atoms with Crippen LogP contribution in [0.1, 0.15) is 10.4 Å². The Morgan fingerprint density at radius 3 is 2.41 bits per heavy atom. The normalized spacial score (nSPS) is 10.3. The first-order chi connectivity index (χ1) is 13.0. The van der Waals surface area contributed by atoms with E-state index in [4.69, 9.17) is 0 Å². The second-order valence-corrected chi connectivity index (χ2v) is 5.71. The fourth-order valence-corrected chi connectivity index (χ4v) is 2.48. The molecule has 136 valence electrons. The SMILES string of the molecule is C=CC(=O)N(C)c1ccc(C(=O)Nc2ccnn2-c2ccc(F)cc2)cc1. The van der Waals surface area contributed by atoms with E-state index in [9.17, 15) is 14.0 Å². The van der Waals surface area contributed by atoms with Gasteiger partial charge in [0.1, 0.15) is 11.6 Å². The summed E-state index contributed by atoms with van der Waals surface area (Å²) in [5.41, 5.74) is 1.69. The molecule has 1 aromatic heterocycles. The van der Waals surface area contributed by atoms with Crippen LogP contribution in [0.2, 0.25) is 0 Å². The Bertz CT molecular complexity index is 978. The lowest BCUT2D eigenvalue weighted by molar-refractivity contribution is -0.113. The Balaban J connectivity index is 1.77. The lowest BCUT2D eigenvalue weighted by Crippen LogP contribution is -2.23. The summed E-state index contributed by atoms with van der Waals surface area (Å²) in [6, 6.07) is 14.0. The van der Waals surface area contributed by atoms with Crippen molar-refractivity contribution in [1.82, 2.24) is 9.78 Å². The molecule has 0 spiro atoms. The Morgan fingerprint density at radius 2 is 1.78 bits per heavy atom. The third-order valence-corrected chi connectivity index (χ3v) is 3.98. The van der Waals surface area contributed by atoms with Crippen molar-refractivity contribution in [2.45, 2.75) is 0 Å².